The number of hydroxylamine groups is 2. The number of ether oxygens (including phenoxy) is 1. The van der Waals surface area contributed by atoms with E-state index < -0.39 is 0 Å². The molecule has 2 aromatic carbocycles. The Labute approximate surface area is 148 Å². The molecule has 0 bridgehead atoms. The van der Waals surface area contributed by atoms with Crippen LogP contribution in [0.5, 0.6) is 0 Å². The van der Waals surface area contributed by atoms with Crippen LogP contribution in [0.2, 0.25) is 0 Å². The summed E-state index contributed by atoms with van der Waals surface area (Å²) in [5.41, 5.74) is 2.44. The summed E-state index contributed by atoms with van der Waals surface area (Å²) in [7, 11) is 1.92. The molecule has 5 nitrogen and oxygen atoms in total. The zero-order valence-electron chi connectivity index (χ0n) is 14.4. The zero-order valence-corrected chi connectivity index (χ0v) is 14.4. The van der Waals surface area contributed by atoms with Gasteiger partial charge in [0.2, 0.25) is 5.90 Å². The first-order valence-electron chi connectivity index (χ1n) is 8.71. The van der Waals surface area contributed by atoms with Crippen LogP contribution < -0.4 is 0 Å². The fourth-order valence-electron chi connectivity index (χ4n) is 3.31. The van der Waals surface area contributed by atoms with E-state index in [1.807, 2.05) is 31.3 Å². The van der Waals surface area contributed by atoms with Crippen LogP contribution >= 0.6 is 0 Å². The van der Waals surface area contributed by atoms with Gasteiger partial charge in [0.1, 0.15) is 6.10 Å². The lowest BCUT2D eigenvalue weighted by Crippen LogP contribution is -2.46. The quantitative estimate of drug-likeness (QED) is 0.860. The van der Waals surface area contributed by atoms with Crippen molar-refractivity contribution < 1.29 is 9.57 Å². The predicted octanol–water partition coefficient (Wildman–Crippen LogP) is 2.86. The second kappa shape index (κ2) is 7.35. The molecular formula is C20H23N3O2. The van der Waals surface area contributed by atoms with Gasteiger partial charge in [-0.15, -0.1) is 5.06 Å². The topological polar surface area (TPSA) is 37.3 Å². The van der Waals surface area contributed by atoms with Gasteiger partial charge in [0, 0.05) is 26.7 Å². The molecule has 25 heavy (non-hydrogen) atoms. The second-order valence-corrected chi connectivity index (χ2v) is 6.47. The lowest BCUT2D eigenvalue weighted by molar-refractivity contribution is -0.0794. The highest BCUT2D eigenvalue weighted by Crippen LogP contribution is 2.28. The lowest BCUT2D eigenvalue weighted by atomic mass is 10.1. The summed E-state index contributed by atoms with van der Waals surface area (Å²) in [5.74, 6) is 0.675. The summed E-state index contributed by atoms with van der Waals surface area (Å²) >= 11 is 0. The monoisotopic (exact) mass is 337 g/mol. The number of aliphatic imine (C=N–C) groups is 1. The molecule has 130 valence electrons. The van der Waals surface area contributed by atoms with Crippen LogP contribution in [0.15, 0.2) is 65.7 Å². The molecular weight excluding hydrogens is 314 g/mol. The van der Waals surface area contributed by atoms with Crippen molar-refractivity contribution in [1.29, 1.82) is 0 Å². The van der Waals surface area contributed by atoms with Crippen LogP contribution in [0.25, 0.3) is 0 Å². The Bertz CT molecular complexity index is 720. The summed E-state index contributed by atoms with van der Waals surface area (Å²) in [6.07, 6.45) is -0.224. The van der Waals surface area contributed by atoms with E-state index >= 15 is 0 Å². The average Bonchev–Trinajstić information content (AvgIpc) is 3.05. The number of benzene rings is 2. The van der Waals surface area contributed by atoms with E-state index in [1.165, 1.54) is 5.56 Å². The van der Waals surface area contributed by atoms with Gasteiger partial charge in [-0.2, -0.15) is 0 Å². The molecule has 1 fully saturated rings. The highest BCUT2D eigenvalue weighted by Gasteiger charge is 2.34. The Morgan fingerprint density at radius 1 is 1.04 bits per heavy atom. The van der Waals surface area contributed by atoms with Gasteiger partial charge in [-0.25, -0.2) is 4.99 Å². The molecule has 0 aliphatic carbocycles. The average molecular weight is 337 g/mol. The molecule has 2 heterocycles. The van der Waals surface area contributed by atoms with E-state index in [2.05, 4.69) is 41.3 Å². The highest BCUT2D eigenvalue weighted by molar-refractivity contribution is 5.82. The Kier molecular flexibility index (Phi) is 4.78. The van der Waals surface area contributed by atoms with E-state index in [0.29, 0.717) is 12.5 Å². The molecule has 2 atom stereocenters. The van der Waals surface area contributed by atoms with Gasteiger partial charge in [-0.05, 0) is 11.1 Å². The van der Waals surface area contributed by atoms with Gasteiger partial charge < -0.3 is 9.57 Å². The highest BCUT2D eigenvalue weighted by atomic mass is 16.7. The fraction of sp³-hybridized carbons (Fsp3) is 0.350. The maximum absolute atomic E-state index is 5.94. The van der Waals surface area contributed by atoms with E-state index in [-0.39, 0.29) is 12.3 Å². The third-order valence-corrected chi connectivity index (χ3v) is 4.60. The third kappa shape index (κ3) is 3.74. The van der Waals surface area contributed by atoms with Crippen LogP contribution in [-0.2, 0) is 16.1 Å². The van der Waals surface area contributed by atoms with Crippen molar-refractivity contribution in [3.05, 3.63) is 71.8 Å². The molecule has 0 amide bonds. The van der Waals surface area contributed by atoms with Gasteiger partial charge in [-0.1, -0.05) is 60.7 Å². The summed E-state index contributed by atoms with van der Waals surface area (Å²) in [6.45, 7) is 3.34. The Hall–Kier alpha value is -2.21. The minimum absolute atomic E-state index is 0.107. The fourth-order valence-corrected chi connectivity index (χ4v) is 3.31. The lowest BCUT2D eigenvalue weighted by Gasteiger charge is -2.32. The number of rotatable bonds is 4. The summed E-state index contributed by atoms with van der Waals surface area (Å²) in [6, 6.07) is 20.7. The maximum atomic E-state index is 5.94. The molecule has 2 aromatic rings. The largest absolute Gasteiger partial charge is 0.386 e. The molecule has 0 spiro atoms. The van der Waals surface area contributed by atoms with Crippen molar-refractivity contribution in [3.63, 3.8) is 0 Å². The molecule has 4 rings (SSSR count). The maximum Gasteiger partial charge on any atom is 0.242 e. The van der Waals surface area contributed by atoms with Crippen molar-refractivity contribution in [2.45, 2.75) is 18.8 Å². The minimum Gasteiger partial charge on any atom is -0.386 e. The Morgan fingerprint density at radius 3 is 2.52 bits per heavy atom. The molecule has 2 aliphatic rings. The second-order valence-electron chi connectivity index (χ2n) is 6.47. The van der Waals surface area contributed by atoms with Crippen molar-refractivity contribution in [1.82, 2.24) is 9.96 Å². The van der Waals surface area contributed by atoms with Crippen LogP contribution in [0, 0.1) is 0 Å². The van der Waals surface area contributed by atoms with Crippen molar-refractivity contribution >= 4 is 5.90 Å². The first kappa shape index (κ1) is 16.3. The zero-order chi connectivity index (χ0) is 17.1. The van der Waals surface area contributed by atoms with Crippen molar-refractivity contribution in [2.75, 3.05) is 26.7 Å². The molecule has 2 aliphatic heterocycles. The molecule has 2 unspecified atom stereocenters. The van der Waals surface area contributed by atoms with Crippen LogP contribution in [0.4, 0.5) is 0 Å². The van der Waals surface area contributed by atoms with Crippen LogP contribution in [0.1, 0.15) is 17.3 Å². The van der Waals surface area contributed by atoms with E-state index in [0.717, 1.165) is 25.2 Å². The SMILES string of the molecule is CN1OC(C2CN(Cc3ccccc3)CCO2)=NC1c1ccccc1. The van der Waals surface area contributed by atoms with E-state index in [9.17, 15) is 0 Å². The van der Waals surface area contributed by atoms with Crippen molar-refractivity contribution in [3.8, 4) is 0 Å². The molecule has 0 N–H and O–H groups in total. The van der Waals surface area contributed by atoms with Gasteiger partial charge in [0.05, 0.1) is 6.61 Å². The molecule has 0 saturated carbocycles. The Morgan fingerprint density at radius 2 is 1.76 bits per heavy atom. The normalized spacial score (nSPS) is 24.8. The van der Waals surface area contributed by atoms with Crippen LogP contribution in [-0.4, -0.2) is 48.7 Å². The molecule has 0 radical (unpaired) electrons. The first-order chi connectivity index (χ1) is 12.3. The molecule has 5 heteroatoms. The summed E-state index contributed by atoms with van der Waals surface area (Å²) in [4.78, 5) is 13.1. The van der Waals surface area contributed by atoms with Crippen LogP contribution in [0.3, 0.4) is 0 Å². The van der Waals surface area contributed by atoms with Gasteiger partial charge in [0.25, 0.3) is 0 Å². The summed E-state index contributed by atoms with van der Waals surface area (Å²) < 4.78 is 5.94. The molecule has 0 aromatic heterocycles. The first-order valence-corrected chi connectivity index (χ1v) is 8.71. The van der Waals surface area contributed by atoms with E-state index in [1.54, 1.807) is 5.06 Å². The number of morpholine rings is 1. The number of hydrogen-bond acceptors (Lipinski definition) is 5. The number of nitrogens with zero attached hydrogens (tertiary/aromatic N) is 3. The third-order valence-electron chi connectivity index (χ3n) is 4.60. The standard InChI is InChI=1S/C20H23N3O2/c1-22-19(17-10-6-3-7-11-17)21-20(25-22)18-15-23(12-13-24-18)14-16-8-4-2-5-9-16/h2-11,18-19H,12-15H2,1H3. The van der Waals surface area contributed by atoms with Gasteiger partial charge in [-0.3, -0.25) is 4.90 Å². The predicted molar refractivity (Wildman–Crippen MR) is 96.9 cm³/mol. The smallest absolute Gasteiger partial charge is 0.242 e. The Balaban J connectivity index is 1.44. The molecule has 1 saturated heterocycles. The van der Waals surface area contributed by atoms with E-state index in [4.69, 9.17) is 14.6 Å². The summed E-state index contributed by atoms with van der Waals surface area (Å²) in [5, 5.41) is 1.80. The number of hydrogen-bond donors (Lipinski definition) is 0. The van der Waals surface area contributed by atoms with Gasteiger partial charge >= 0.3 is 0 Å². The van der Waals surface area contributed by atoms with Crippen molar-refractivity contribution in [2.24, 2.45) is 4.99 Å². The minimum atomic E-state index is -0.117. The van der Waals surface area contributed by atoms with Gasteiger partial charge in [0.15, 0.2) is 6.17 Å².